The highest BCUT2D eigenvalue weighted by Crippen LogP contribution is 2.32. The molecule has 90 valence electrons. The SMILES string of the molecule is COc1ccc(F)c(OC)c1CCC(C)O. The molecule has 0 fully saturated rings. The molecule has 1 atom stereocenters. The van der Waals surface area contributed by atoms with E-state index in [1.54, 1.807) is 13.0 Å². The minimum Gasteiger partial charge on any atom is -0.496 e. The van der Waals surface area contributed by atoms with E-state index in [1.807, 2.05) is 0 Å². The number of hydrogen-bond acceptors (Lipinski definition) is 3. The van der Waals surface area contributed by atoms with Gasteiger partial charge in [0.1, 0.15) is 5.75 Å². The van der Waals surface area contributed by atoms with Crippen LogP contribution < -0.4 is 9.47 Å². The lowest BCUT2D eigenvalue weighted by molar-refractivity contribution is 0.184. The number of halogens is 1. The molecule has 0 spiro atoms. The van der Waals surface area contributed by atoms with Gasteiger partial charge in [0, 0.05) is 5.56 Å². The molecule has 1 N–H and O–H groups in total. The molecule has 0 aromatic heterocycles. The predicted molar refractivity (Wildman–Crippen MR) is 59.5 cm³/mol. The average Bonchev–Trinajstić information content (AvgIpc) is 2.26. The number of hydrogen-bond donors (Lipinski definition) is 1. The maximum atomic E-state index is 13.4. The highest BCUT2D eigenvalue weighted by Gasteiger charge is 2.15. The van der Waals surface area contributed by atoms with E-state index in [0.717, 1.165) is 0 Å². The second-order valence-corrected chi connectivity index (χ2v) is 3.65. The molecule has 0 saturated carbocycles. The standard InChI is InChI=1S/C12H17FO3/c1-8(14)4-5-9-11(15-2)7-6-10(13)12(9)16-3/h6-8,14H,4-5H2,1-3H3. The molecule has 0 aliphatic carbocycles. The fraction of sp³-hybridized carbons (Fsp3) is 0.500. The van der Waals surface area contributed by atoms with Crippen LogP contribution in [0.25, 0.3) is 0 Å². The number of aliphatic hydroxyl groups is 1. The van der Waals surface area contributed by atoms with E-state index in [2.05, 4.69) is 0 Å². The van der Waals surface area contributed by atoms with Crippen molar-refractivity contribution in [1.29, 1.82) is 0 Å². The van der Waals surface area contributed by atoms with Crippen molar-refractivity contribution >= 4 is 0 Å². The van der Waals surface area contributed by atoms with Crippen LogP contribution in [0.2, 0.25) is 0 Å². The summed E-state index contributed by atoms with van der Waals surface area (Å²) in [5, 5.41) is 9.23. The zero-order chi connectivity index (χ0) is 12.1. The van der Waals surface area contributed by atoms with Crippen LogP contribution in [-0.4, -0.2) is 25.4 Å². The quantitative estimate of drug-likeness (QED) is 0.839. The van der Waals surface area contributed by atoms with Crippen molar-refractivity contribution in [2.45, 2.75) is 25.9 Å². The van der Waals surface area contributed by atoms with E-state index in [0.29, 0.717) is 24.2 Å². The van der Waals surface area contributed by atoms with Crippen LogP contribution in [0.5, 0.6) is 11.5 Å². The third-order valence-electron chi connectivity index (χ3n) is 2.41. The van der Waals surface area contributed by atoms with E-state index in [1.165, 1.54) is 20.3 Å². The molecular formula is C12H17FO3. The normalized spacial score (nSPS) is 12.3. The van der Waals surface area contributed by atoms with Gasteiger partial charge in [-0.3, -0.25) is 0 Å². The number of benzene rings is 1. The van der Waals surface area contributed by atoms with Gasteiger partial charge in [0.15, 0.2) is 11.6 Å². The Morgan fingerprint density at radius 3 is 2.50 bits per heavy atom. The Morgan fingerprint density at radius 1 is 1.31 bits per heavy atom. The van der Waals surface area contributed by atoms with Crippen molar-refractivity contribution < 1.29 is 19.0 Å². The summed E-state index contributed by atoms with van der Waals surface area (Å²) >= 11 is 0. The highest BCUT2D eigenvalue weighted by atomic mass is 19.1. The van der Waals surface area contributed by atoms with Gasteiger partial charge in [0.2, 0.25) is 0 Å². The Labute approximate surface area is 94.8 Å². The number of aliphatic hydroxyl groups excluding tert-OH is 1. The maximum Gasteiger partial charge on any atom is 0.165 e. The minimum absolute atomic E-state index is 0.194. The van der Waals surface area contributed by atoms with Crippen molar-refractivity contribution in [2.75, 3.05) is 14.2 Å². The first kappa shape index (κ1) is 12.8. The Bertz CT molecular complexity index is 350. The molecule has 0 bridgehead atoms. The molecule has 1 rings (SSSR count). The first-order valence-electron chi connectivity index (χ1n) is 5.17. The molecule has 0 saturated heterocycles. The van der Waals surface area contributed by atoms with Gasteiger partial charge < -0.3 is 14.6 Å². The number of ether oxygens (including phenoxy) is 2. The lowest BCUT2D eigenvalue weighted by atomic mass is 10.0. The van der Waals surface area contributed by atoms with Crippen molar-refractivity contribution in [2.24, 2.45) is 0 Å². The van der Waals surface area contributed by atoms with Gasteiger partial charge in [-0.25, -0.2) is 4.39 Å². The molecule has 0 aliphatic rings. The predicted octanol–water partition coefficient (Wildman–Crippen LogP) is 2.16. The molecule has 16 heavy (non-hydrogen) atoms. The van der Waals surface area contributed by atoms with Gasteiger partial charge in [-0.15, -0.1) is 0 Å². The lowest BCUT2D eigenvalue weighted by Crippen LogP contribution is -2.05. The molecule has 1 unspecified atom stereocenters. The van der Waals surface area contributed by atoms with Gasteiger partial charge in [-0.1, -0.05) is 0 Å². The second-order valence-electron chi connectivity index (χ2n) is 3.65. The number of rotatable bonds is 5. The molecule has 3 nitrogen and oxygen atoms in total. The summed E-state index contributed by atoms with van der Waals surface area (Å²) in [6.07, 6.45) is 0.621. The lowest BCUT2D eigenvalue weighted by Gasteiger charge is -2.14. The van der Waals surface area contributed by atoms with Crippen molar-refractivity contribution in [3.05, 3.63) is 23.5 Å². The van der Waals surface area contributed by atoms with Crippen LogP contribution in [0.4, 0.5) is 4.39 Å². The second kappa shape index (κ2) is 5.70. The van der Waals surface area contributed by atoms with Gasteiger partial charge in [0.25, 0.3) is 0 Å². The van der Waals surface area contributed by atoms with Crippen molar-refractivity contribution in [1.82, 2.24) is 0 Å². The molecule has 0 amide bonds. The number of methoxy groups -OCH3 is 2. The van der Waals surface area contributed by atoms with E-state index in [9.17, 15) is 9.50 Å². The Kier molecular flexibility index (Phi) is 4.55. The van der Waals surface area contributed by atoms with E-state index in [-0.39, 0.29) is 5.75 Å². The smallest absolute Gasteiger partial charge is 0.165 e. The molecule has 0 aliphatic heterocycles. The molecule has 4 heteroatoms. The molecule has 0 radical (unpaired) electrons. The Hall–Kier alpha value is -1.29. The zero-order valence-corrected chi connectivity index (χ0v) is 9.79. The maximum absolute atomic E-state index is 13.4. The summed E-state index contributed by atoms with van der Waals surface area (Å²) in [7, 11) is 2.95. The summed E-state index contributed by atoms with van der Waals surface area (Å²) < 4.78 is 23.6. The van der Waals surface area contributed by atoms with Crippen LogP contribution in [0.15, 0.2) is 12.1 Å². The summed E-state index contributed by atoms with van der Waals surface area (Å²) in [5.74, 6) is 0.364. The van der Waals surface area contributed by atoms with Gasteiger partial charge in [-0.2, -0.15) is 0 Å². The van der Waals surface area contributed by atoms with Crippen molar-refractivity contribution in [3.8, 4) is 11.5 Å². The van der Waals surface area contributed by atoms with E-state index >= 15 is 0 Å². The van der Waals surface area contributed by atoms with Gasteiger partial charge in [-0.05, 0) is 31.9 Å². The fourth-order valence-corrected chi connectivity index (χ4v) is 1.58. The molecule has 1 aromatic rings. The molecule has 0 heterocycles. The zero-order valence-electron chi connectivity index (χ0n) is 9.79. The van der Waals surface area contributed by atoms with Crippen LogP contribution >= 0.6 is 0 Å². The highest BCUT2D eigenvalue weighted by molar-refractivity contribution is 5.45. The van der Waals surface area contributed by atoms with Crippen LogP contribution in [0, 0.1) is 5.82 Å². The third kappa shape index (κ3) is 2.85. The minimum atomic E-state index is -0.433. The van der Waals surface area contributed by atoms with Crippen molar-refractivity contribution in [3.63, 3.8) is 0 Å². The topological polar surface area (TPSA) is 38.7 Å². The summed E-state index contributed by atoms with van der Waals surface area (Å²) in [6.45, 7) is 1.69. The Morgan fingerprint density at radius 2 is 2.00 bits per heavy atom. The molecule has 1 aromatic carbocycles. The van der Waals surface area contributed by atoms with E-state index in [4.69, 9.17) is 9.47 Å². The van der Waals surface area contributed by atoms with Gasteiger partial charge >= 0.3 is 0 Å². The third-order valence-corrected chi connectivity index (χ3v) is 2.41. The van der Waals surface area contributed by atoms with Crippen LogP contribution in [0.1, 0.15) is 18.9 Å². The summed E-state index contributed by atoms with van der Waals surface area (Å²) in [6, 6.07) is 2.87. The first-order chi connectivity index (χ1) is 7.60. The van der Waals surface area contributed by atoms with E-state index < -0.39 is 11.9 Å². The van der Waals surface area contributed by atoms with Crippen LogP contribution in [-0.2, 0) is 6.42 Å². The molecular weight excluding hydrogens is 211 g/mol. The Balaban J connectivity index is 3.04. The summed E-state index contributed by atoms with van der Waals surface area (Å²) in [4.78, 5) is 0. The monoisotopic (exact) mass is 228 g/mol. The first-order valence-corrected chi connectivity index (χ1v) is 5.17. The fourth-order valence-electron chi connectivity index (χ4n) is 1.58. The average molecular weight is 228 g/mol. The summed E-state index contributed by atoms with van der Waals surface area (Å²) in [5.41, 5.74) is 0.658. The largest absolute Gasteiger partial charge is 0.496 e. The van der Waals surface area contributed by atoms with Gasteiger partial charge in [0.05, 0.1) is 20.3 Å². The van der Waals surface area contributed by atoms with Crippen LogP contribution in [0.3, 0.4) is 0 Å².